The molecule has 8 nitrogen and oxygen atoms in total. The largest absolute Gasteiger partial charge is 0.462 e. The minimum atomic E-state index is -0.354. The highest BCUT2D eigenvalue weighted by molar-refractivity contribution is 5.93. The first-order chi connectivity index (χ1) is 14.0. The highest BCUT2D eigenvalue weighted by atomic mass is 16.5. The third kappa shape index (κ3) is 5.10. The Morgan fingerprint density at radius 2 is 1.59 bits per heavy atom. The van der Waals surface area contributed by atoms with Crippen molar-refractivity contribution in [2.75, 3.05) is 38.1 Å². The molecule has 1 N–H and O–H groups in total. The second kappa shape index (κ2) is 9.18. The van der Waals surface area contributed by atoms with Crippen LogP contribution in [0.15, 0.2) is 42.6 Å². The first kappa shape index (κ1) is 20.3. The first-order valence-electron chi connectivity index (χ1n) is 9.53. The molecule has 3 rings (SSSR count). The number of pyridine rings is 1. The molecule has 1 aliphatic rings. The summed E-state index contributed by atoms with van der Waals surface area (Å²) in [5.74, 6) is -0.466. The summed E-state index contributed by atoms with van der Waals surface area (Å²) in [7, 11) is 0. The molecule has 0 atom stereocenters. The van der Waals surface area contributed by atoms with Crippen molar-refractivity contribution in [1.29, 1.82) is 0 Å². The van der Waals surface area contributed by atoms with Gasteiger partial charge in [0.15, 0.2) is 0 Å². The molecule has 1 saturated heterocycles. The topological polar surface area (TPSA) is 91.8 Å². The van der Waals surface area contributed by atoms with Gasteiger partial charge in [-0.3, -0.25) is 9.59 Å². The van der Waals surface area contributed by atoms with Crippen molar-refractivity contribution in [3.63, 3.8) is 0 Å². The molecule has 152 valence electrons. The van der Waals surface area contributed by atoms with Gasteiger partial charge >= 0.3 is 5.97 Å². The number of carbonyl (C=O) groups is 3. The van der Waals surface area contributed by atoms with Crippen LogP contribution in [0.25, 0.3) is 0 Å². The number of anilines is 2. The fraction of sp³-hybridized carbons (Fsp3) is 0.333. The molecule has 1 aliphatic heterocycles. The monoisotopic (exact) mass is 396 g/mol. The third-order valence-electron chi connectivity index (χ3n) is 4.68. The number of esters is 1. The number of piperazine rings is 1. The van der Waals surface area contributed by atoms with Crippen molar-refractivity contribution in [1.82, 2.24) is 14.8 Å². The standard InChI is InChI=1S/C21H24N4O4/c1-3-29-21(28)16-4-6-17(7-5-16)23-18-8-9-19(22-14-18)20(27)25-12-10-24(11-13-25)15(2)26/h4-9,14,23H,3,10-13H2,1-2H3. The molecule has 2 aromatic rings. The van der Waals surface area contributed by atoms with E-state index in [1.165, 1.54) is 6.92 Å². The number of rotatable bonds is 5. The van der Waals surface area contributed by atoms with Crippen LogP contribution in [0.2, 0.25) is 0 Å². The van der Waals surface area contributed by atoms with Gasteiger partial charge in [-0.1, -0.05) is 0 Å². The maximum absolute atomic E-state index is 12.6. The molecule has 2 heterocycles. The van der Waals surface area contributed by atoms with Crippen LogP contribution in [-0.4, -0.2) is 65.4 Å². The molecule has 0 unspecified atom stereocenters. The molecule has 0 aliphatic carbocycles. The van der Waals surface area contributed by atoms with E-state index in [9.17, 15) is 14.4 Å². The van der Waals surface area contributed by atoms with Crippen LogP contribution >= 0.6 is 0 Å². The molecular weight excluding hydrogens is 372 g/mol. The number of carbonyl (C=O) groups excluding carboxylic acids is 3. The molecule has 8 heteroatoms. The minimum Gasteiger partial charge on any atom is -0.462 e. The Bertz CT molecular complexity index is 873. The normalized spacial score (nSPS) is 13.7. The summed E-state index contributed by atoms with van der Waals surface area (Å²) in [5, 5.41) is 3.18. The molecule has 1 aromatic heterocycles. The molecule has 2 amide bonds. The summed E-state index contributed by atoms with van der Waals surface area (Å²) in [6.07, 6.45) is 1.60. The summed E-state index contributed by atoms with van der Waals surface area (Å²) in [6, 6.07) is 10.4. The smallest absolute Gasteiger partial charge is 0.338 e. The van der Waals surface area contributed by atoms with Crippen molar-refractivity contribution in [3.8, 4) is 0 Å². The lowest BCUT2D eigenvalue weighted by molar-refractivity contribution is -0.130. The second-order valence-electron chi connectivity index (χ2n) is 6.65. The van der Waals surface area contributed by atoms with Gasteiger partial charge in [-0.15, -0.1) is 0 Å². The molecule has 0 bridgehead atoms. The highest BCUT2D eigenvalue weighted by Crippen LogP contribution is 2.18. The summed E-state index contributed by atoms with van der Waals surface area (Å²) < 4.78 is 4.96. The Kier molecular flexibility index (Phi) is 6.43. The van der Waals surface area contributed by atoms with E-state index in [4.69, 9.17) is 4.74 Å². The molecule has 0 spiro atoms. The van der Waals surface area contributed by atoms with Gasteiger partial charge in [0.05, 0.1) is 24.1 Å². The molecule has 29 heavy (non-hydrogen) atoms. The molecule has 0 saturated carbocycles. The molecule has 0 radical (unpaired) electrons. The number of benzene rings is 1. The van der Waals surface area contributed by atoms with Crippen LogP contribution in [0.4, 0.5) is 11.4 Å². The van der Waals surface area contributed by atoms with Crippen molar-refractivity contribution in [3.05, 3.63) is 53.9 Å². The molecular formula is C21H24N4O4. The van der Waals surface area contributed by atoms with E-state index in [1.807, 2.05) is 0 Å². The number of nitrogens with zero attached hydrogens (tertiary/aromatic N) is 3. The van der Waals surface area contributed by atoms with E-state index < -0.39 is 0 Å². The van der Waals surface area contributed by atoms with E-state index in [0.717, 1.165) is 11.4 Å². The number of amides is 2. The average Bonchev–Trinajstić information content (AvgIpc) is 2.74. The zero-order valence-electron chi connectivity index (χ0n) is 16.6. The van der Waals surface area contributed by atoms with Crippen molar-refractivity contribution in [2.45, 2.75) is 13.8 Å². The Morgan fingerprint density at radius 1 is 0.966 bits per heavy atom. The number of hydrogen-bond donors (Lipinski definition) is 1. The van der Waals surface area contributed by atoms with Crippen LogP contribution in [0.5, 0.6) is 0 Å². The predicted molar refractivity (Wildman–Crippen MR) is 108 cm³/mol. The van der Waals surface area contributed by atoms with Gasteiger partial charge in [0, 0.05) is 38.8 Å². The number of ether oxygens (including phenoxy) is 1. The van der Waals surface area contributed by atoms with Crippen LogP contribution in [0, 0.1) is 0 Å². The van der Waals surface area contributed by atoms with E-state index in [2.05, 4.69) is 10.3 Å². The fourth-order valence-corrected chi connectivity index (χ4v) is 3.05. The lowest BCUT2D eigenvalue weighted by atomic mass is 10.2. The van der Waals surface area contributed by atoms with Crippen LogP contribution in [-0.2, 0) is 9.53 Å². The fourth-order valence-electron chi connectivity index (χ4n) is 3.05. The van der Waals surface area contributed by atoms with Gasteiger partial charge in [0.25, 0.3) is 5.91 Å². The zero-order chi connectivity index (χ0) is 20.8. The summed E-state index contributed by atoms with van der Waals surface area (Å²) >= 11 is 0. The van der Waals surface area contributed by atoms with Gasteiger partial charge < -0.3 is 19.9 Å². The van der Waals surface area contributed by atoms with Crippen LogP contribution in [0.3, 0.4) is 0 Å². The summed E-state index contributed by atoms with van der Waals surface area (Å²) in [5.41, 5.74) is 2.37. The Hall–Kier alpha value is -3.42. The van der Waals surface area contributed by atoms with Crippen LogP contribution < -0.4 is 5.32 Å². The van der Waals surface area contributed by atoms with Gasteiger partial charge in [-0.2, -0.15) is 0 Å². The van der Waals surface area contributed by atoms with E-state index in [-0.39, 0.29) is 17.8 Å². The Balaban J connectivity index is 1.58. The van der Waals surface area contributed by atoms with Gasteiger partial charge in [0.1, 0.15) is 5.69 Å². The number of aromatic nitrogens is 1. The average molecular weight is 396 g/mol. The summed E-state index contributed by atoms with van der Waals surface area (Å²) in [4.78, 5) is 43.4. The quantitative estimate of drug-likeness (QED) is 0.780. The van der Waals surface area contributed by atoms with Crippen molar-refractivity contribution < 1.29 is 19.1 Å². The Morgan fingerprint density at radius 3 is 2.14 bits per heavy atom. The van der Waals surface area contributed by atoms with Crippen LogP contribution in [0.1, 0.15) is 34.7 Å². The Labute approximate surface area is 169 Å². The summed E-state index contributed by atoms with van der Waals surface area (Å²) in [6.45, 7) is 5.74. The predicted octanol–water partition coefficient (Wildman–Crippen LogP) is 2.31. The second-order valence-corrected chi connectivity index (χ2v) is 6.65. The minimum absolute atomic E-state index is 0.0286. The van der Waals surface area contributed by atoms with Gasteiger partial charge in [-0.05, 0) is 43.3 Å². The van der Waals surface area contributed by atoms with Crippen molar-refractivity contribution >= 4 is 29.2 Å². The van der Waals surface area contributed by atoms with Gasteiger partial charge in [-0.25, -0.2) is 9.78 Å². The maximum atomic E-state index is 12.6. The number of nitrogens with one attached hydrogen (secondary N) is 1. The number of hydrogen-bond acceptors (Lipinski definition) is 6. The van der Waals surface area contributed by atoms with Gasteiger partial charge in [0.2, 0.25) is 5.91 Å². The molecule has 1 aromatic carbocycles. The SMILES string of the molecule is CCOC(=O)c1ccc(Nc2ccc(C(=O)N3CCN(C(C)=O)CC3)nc2)cc1. The van der Waals surface area contributed by atoms with E-state index in [1.54, 1.807) is 59.3 Å². The van der Waals surface area contributed by atoms with Crippen molar-refractivity contribution in [2.24, 2.45) is 0 Å². The van der Waals surface area contributed by atoms with E-state index in [0.29, 0.717) is 44.0 Å². The van der Waals surface area contributed by atoms with E-state index >= 15 is 0 Å². The first-order valence-corrected chi connectivity index (χ1v) is 9.53. The highest BCUT2D eigenvalue weighted by Gasteiger charge is 2.23. The maximum Gasteiger partial charge on any atom is 0.338 e. The lowest BCUT2D eigenvalue weighted by Crippen LogP contribution is -2.50. The zero-order valence-corrected chi connectivity index (χ0v) is 16.6. The lowest BCUT2D eigenvalue weighted by Gasteiger charge is -2.34. The molecule has 1 fully saturated rings. The third-order valence-corrected chi connectivity index (χ3v) is 4.68.